The first-order valence-electron chi connectivity index (χ1n) is 19.4. The highest BCUT2D eigenvalue weighted by Crippen LogP contribution is 2.35. The molecule has 2 aliphatic rings. The molecule has 0 saturated carbocycles. The summed E-state index contributed by atoms with van der Waals surface area (Å²) in [6.07, 6.45) is 2.17. The third-order valence-corrected chi connectivity index (χ3v) is 10.9. The number of amides is 4. The Labute approximate surface area is 326 Å². The molecule has 4 heterocycles. The van der Waals surface area contributed by atoms with Gasteiger partial charge in [-0.05, 0) is 73.3 Å². The first-order chi connectivity index (χ1) is 27.3. The Morgan fingerprint density at radius 2 is 1.55 bits per heavy atom. The molecule has 0 unspecified atom stereocenters. The second-order valence-corrected chi connectivity index (χ2v) is 14.5. The molecule has 4 aromatic carbocycles. The molecule has 1 N–H and O–H groups in total. The van der Waals surface area contributed by atoms with Crippen molar-refractivity contribution < 1.29 is 23.9 Å². The molecule has 0 bridgehead atoms. The van der Waals surface area contributed by atoms with Gasteiger partial charge in [0.25, 0.3) is 5.91 Å². The Balaban J connectivity index is 0.770. The highest BCUT2D eigenvalue weighted by atomic mass is 16.5. The summed E-state index contributed by atoms with van der Waals surface area (Å²) in [5.41, 5.74) is 6.93. The van der Waals surface area contributed by atoms with Gasteiger partial charge in [0.1, 0.15) is 17.0 Å². The SMILES string of the molecule is Cc1c(-c2ccccc2)n(Cc2ccc(OCCCCN3CCN(C(=O)COc4cccc5c(N6CCC(=O)NC6=O)nn(C)c45)CC3)cc2)c2ccccc12. The van der Waals surface area contributed by atoms with E-state index in [1.807, 2.05) is 17.0 Å². The molecule has 0 aliphatic carbocycles. The van der Waals surface area contributed by atoms with Crippen LogP contribution in [0, 0.1) is 6.92 Å². The van der Waals surface area contributed by atoms with Crippen LogP contribution in [-0.4, -0.2) is 94.5 Å². The summed E-state index contributed by atoms with van der Waals surface area (Å²) in [5.74, 6) is 1.48. The number of para-hydroxylation sites is 2. The molecular weight excluding hydrogens is 707 g/mol. The van der Waals surface area contributed by atoms with Gasteiger partial charge in [-0.3, -0.25) is 29.4 Å². The number of benzene rings is 4. The summed E-state index contributed by atoms with van der Waals surface area (Å²) < 4.78 is 16.2. The Bertz CT molecular complexity index is 2360. The number of aromatic nitrogens is 3. The van der Waals surface area contributed by atoms with Gasteiger partial charge in [0, 0.05) is 69.0 Å². The Kier molecular flexibility index (Phi) is 10.7. The number of hydrogen-bond donors (Lipinski definition) is 1. The van der Waals surface area contributed by atoms with Gasteiger partial charge in [-0.25, -0.2) is 4.79 Å². The van der Waals surface area contributed by atoms with Crippen LogP contribution >= 0.6 is 0 Å². The van der Waals surface area contributed by atoms with Crippen molar-refractivity contribution in [2.45, 2.75) is 32.7 Å². The Morgan fingerprint density at radius 3 is 2.34 bits per heavy atom. The predicted octanol–water partition coefficient (Wildman–Crippen LogP) is 6.38. The number of fused-ring (bicyclic) bond motifs is 2. The molecule has 12 heteroatoms. The van der Waals surface area contributed by atoms with E-state index in [-0.39, 0.29) is 31.4 Å². The van der Waals surface area contributed by atoms with Crippen molar-refractivity contribution in [2.24, 2.45) is 7.05 Å². The lowest BCUT2D eigenvalue weighted by atomic mass is 10.1. The molecule has 2 fully saturated rings. The van der Waals surface area contributed by atoms with Crippen LogP contribution in [-0.2, 0) is 23.2 Å². The molecule has 0 atom stereocenters. The maximum atomic E-state index is 13.1. The van der Waals surface area contributed by atoms with Gasteiger partial charge in [0.05, 0.1) is 12.3 Å². The fourth-order valence-corrected chi connectivity index (χ4v) is 7.93. The van der Waals surface area contributed by atoms with Crippen LogP contribution in [0.4, 0.5) is 10.6 Å². The van der Waals surface area contributed by atoms with Crippen LogP contribution in [0.25, 0.3) is 33.1 Å². The molecule has 0 radical (unpaired) electrons. The molecule has 2 aliphatic heterocycles. The number of rotatable bonds is 13. The topological polar surface area (TPSA) is 114 Å². The van der Waals surface area contributed by atoms with Gasteiger partial charge in [-0.1, -0.05) is 66.7 Å². The summed E-state index contributed by atoms with van der Waals surface area (Å²) in [6, 6.07) is 32.7. The second-order valence-electron chi connectivity index (χ2n) is 14.5. The summed E-state index contributed by atoms with van der Waals surface area (Å²) in [6.45, 7) is 7.71. The average molecular weight is 754 g/mol. The lowest BCUT2D eigenvalue weighted by molar-refractivity contribution is -0.135. The van der Waals surface area contributed by atoms with Gasteiger partial charge in [0.2, 0.25) is 5.91 Å². The highest BCUT2D eigenvalue weighted by Gasteiger charge is 2.29. The first kappa shape index (κ1) is 36.8. The molecule has 2 aromatic heterocycles. The largest absolute Gasteiger partial charge is 0.494 e. The minimum Gasteiger partial charge on any atom is -0.494 e. The van der Waals surface area contributed by atoms with E-state index in [9.17, 15) is 14.4 Å². The molecular formula is C44H47N7O5. The van der Waals surface area contributed by atoms with Gasteiger partial charge >= 0.3 is 6.03 Å². The van der Waals surface area contributed by atoms with E-state index in [1.54, 1.807) is 17.8 Å². The number of aryl methyl sites for hydroxylation is 2. The smallest absolute Gasteiger partial charge is 0.329 e. The number of carbonyl (C=O) groups excluding carboxylic acids is 3. The number of unbranched alkanes of at least 4 members (excludes halogenated alkanes) is 1. The molecule has 2 saturated heterocycles. The molecule has 8 rings (SSSR count). The lowest BCUT2D eigenvalue weighted by Gasteiger charge is -2.34. The molecule has 288 valence electrons. The van der Waals surface area contributed by atoms with E-state index in [4.69, 9.17) is 9.47 Å². The van der Waals surface area contributed by atoms with Crippen molar-refractivity contribution in [1.29, 1.82) is 0 Å². The number of hydrogen-bond acceptors (Lipinski definition) is 7. The fraction of sp³-hybridized carbons (Fsp3) is 0.318. The number of nitrogens with one attached hydrogen (secondary N) is 1. The molecule has 12 nitrogen and oxygen atoms in total. The number of piperazine rings is 1. The van der Waals surface area contributed by atoms with Crippen LogP contribution in [0.2, 0.25) is 0 Å². The van der Waals surface area contributed by atoms with Crippen LogP contribution in [0.1, 0.15) is 30.4 Å². The summed E-state index contributed by atoms with van der Waals surface area (Å²) in [4.78, 5) is 43.0. The predicted molar refractivity (Wildman–Crippen MR) is 217 cm³/mol. The third-order valence-electron chi connectivity index (χ3n) is 10.9. The van der Waals surface area contributed by atoms with Crippen molar-refractivity contribution in [3.63, 3.8) is 0 Å². The number of carbonyl (C=O) groups is 3. The second kappa shape index (κ2) is 16.3. The third kappa shape index (κ3) is 7.70. The zero-order valence-corrected chi connectivity index (χ0v) is 31.9. The minimum absolute atomic E-state index is 0.0640. The summed E-state index contributed by atoms with van der Waals surface area (Å²) in [5, 5.41) is 8.88. The standard InChI is InChI=1S/C44H47N7O5/c1-31-35-13-6-7-15-37(35)51(41(31)33-11-4-3-5-12-33)29-32-17-19-34(20-18-32)55-28-9-8-22-48-24-26-49(27-25-48)40(53)30-56-38-16-10-14-36-42(38)47(2)46-43(36)50-23-21-39(52)45-44(50)54/h3-7,10-20H,8-9,21-30H2,1-2H3,(H,45,52,54). The average Bonchev–Trinajstić information content (AvgIpc) is 3.70. The van der Waals surface area contributed by atoms with E-state index in [2.05, 4.69) is 106 Å². The number of urea groups is 1. The number of nitrogens with zero attached hydrogens (tertiary/aromatic N) is 6. The van der Waals surface area contributed by atoms with Crippen LogP contribution in [0.15, 0.2) is 97.1 Å². The first-order valence-corrected chi connectivity index (χ1v) is 19.4. The highest BCUT2D eigenvalue weighted by molar-refractivity contribution is 6.09. The van der Waals surface area contributed by atoms with Crippen LogP contribution in [0.5, 0.6) is 11.5 Å². The summed E-state index contributed by atoms with van der Waals surface area (Å²) in [7, 11) is 1.77. The van der Waals surface area contributed by atoms with E-state index >= 15 is 0 Å². The number of imide groups is 1. The van der Waals surface area contributed by atoms with Gasteiger partial charge < -0.3 is 18.9 Å². The van der Waals surface area contributed by atoms with Crippen molar-refractivity contribution in [2.75, 3.05) is 57.4 Å². The molecule has 4 amide bonds. The zero-order valence-electron chi connectivity index (χ0n) is 31.9. The van der Waals surface area contributed by atoms with Gasteiger partial charge in [0.15, 0.2) is 12.4 Å². The minimum atomic E-state index is -0.497. The van der Waals surface area contributed by atoms with E-state index in [0.29, 0.717) is 42.2 Å². The molecule has 56 heavy (non-hydrogen) atoms. The maximum absolute atomic E-state index is 13.1. The maximum Gasteiger partial charge on any atom is 0.329 e. The van der Waals surface area contributed by atoms with Crippen LogP contribution in [0.3, 0.4) is 0 Å². The quantitative estimate of drug-likeness (QED) is 0.136. The lowest BCUT2D eigenvalue weighted by Crippen LogP contribution is -2.50. The Morgan fingerprint density at radius 1 is 0.804 bits per heavy atom. The van der Waals surface area contributed by atoms with Crippen molar-refractivity contribution in [3.05, 3.63) is 108 Å². The van der Waals surface area contributed by atoms with E-state index in [0.717, 1.165) is 44.8 Å². The van der Waals surface area contributed by atoms with Crippen molar-refractivity contribution in [1.82, 2.24) is 29.5 Å². The normalized spacial score (nSPS) is 15.1. The summed E-state index contributed by atoms with van der Waals surface area (Å²) >= 11 is 0. The number of anilines is 1. The van der Waals surface area contributed by atoms with Gasteiger partial charge in [-0.15, -0.1) is 0 Å². The molecule has 0 spiro atoms. The van der Waals surface area contributed by atoms with Crippen LogP contribution < -0.4 is 19.7 Å². The zero-order chi connectivity index (χ0) is 38.6. The van der Waals surface area contributed by atoms with E-state index in [1.165, 1.54) is 38.2 Å². The van der Waals surface area contributed by atoms with E-state index < -0.39 is 6.03 Å². The number of ether oxygens (including phenoxy) is 2. The molecule has 6 aromatic rings. The van der Waals surface area contributed by atoms with Gasteiger partial charge in [-0.2, -0.15) is 5.10 Å². The van der Waals surface area contributed by atoms with Crippen molar-refractivity contribution >= 4 is 45.5 Å². The fourth-order valence-electron chi connectivity index (χ4n) is 7.93. The monoisotopic (exact) mass is 753 g/mol. The Hall–Kier alpha value is -6.14. The van der Waals surface area contributed by atoms with Crippen molar-refractivity contribution in [3.8, 4) is 22.8 Å².